The molecule has 0 saturated heterocycles. The largest absolute Gasteiger partial charge is 0.310 e. The zero-order valence-electron chi connectivity index (χ0n) is 55.7. The number of nitrogens with zero attached hydrogens (tertiary/aromatic N) is 2. The Balaban J connectivity index is 0.000000136. The number of para-hydroxylation sites is 3. The first-order valence-corrected chi connectivity index (χ1v) is 36.5. The normalized spacial score (nSPS) is 14.9. The van der Waals surface area contributed by atoms with Crippen LogP contribution >= 0.6 is 34.0 Å². The number of thiophene rings is 3. The van der Waals surface area contributed by atoms with E-state index < -0.39 is 0 Å². The van der Waals surface area contributed by atoms with E-state index in [9.17, 15) is 0 Å². The molecule has 0 aliphatic heterocycles. The fourth-order valence-electron chi connectivity index (χ4n) is 17.0. The highest BCUT2D eigenvalue weighted by Crippen LogP contribution is 2.61. The molecule has 18 aromatic rings. The van der Waals surface area contributed by atoms with E-state index in [-0.39, 0.29) is 21.7 Å². The predicted molar refractivity (Wildman–Crippen MR) is 424 cm³/mol. The lowest BCUT2D eigenvalue weighted by molar-refractivity contribution is 0.301. The van der Waals surface area contributed by atoms with Crippen LogP contribution < -0.4 is 4.90 Å². The number of hydrogen-bond acceptors (Lipinski definition) is 4. The highest BCUT2D eigenvalue weighted by atomic mass is 32.1. The molecule has 0 atom stereocenters. The first-order chi connectivity index (χ1) is 47.1. The highest BCUT2D eigenvalue weighted by molar-refractivity contribution is 7.27. The van der Waals surface area contributed by atoms with Crippen LogP contribution in [0.2, 0.25) is 0 Å². The van der Waals surface area contributed by atoms with Crippen LogP contribution in [0.5, 0.6) is 0 Å². The van der Waals surface area contributed by atoms with Crippen molar-refractivity contribution in [3.05, 3.63) is 301 Å². The summed E-state index contributed by atoms with van der Waals surface area (Å²) in [6.07, 6.45) is 0. The van der Waals surface area contributed by atoms with E-state index in [1.54, 1.807) is 0 Å². The number of benzene rings is 14. The number of aromatic nitrogens is 1. The Kier molecular flexibility index (Phi) is 12.7. The molecule has 0 fully saturated rings. The van der Waals surface area contributed by atoms with E-state index in [1.165, 1.54) is 177 Å². The van der Waals surface area contributed by atoms with Gasteiger partial charge in [0.15, 0.2) is 0 Å². The smallest absolute Gasteiger partial charge is 0.0541 e. The Hall–Kier alpha value is -10.1. The average molecular weight is 1300 g/mol. The van der Waals surface area contributed by atoms with E-state index >= 15 is 0 Å². The predicted octanol–water partition coefficient (Wildman–Crippen LogP) is 27.5. The first kappa shape index (κ1) is 58.2. The van der Waals surface area contributed by atoms with Crippen molar-refractivity contribution in [1.29, 1.82) is 0 Å². The van der Waals surface area contributed by atoms with E-state index in [2.05, 4.69) is 344 Å². The van der Waals surface area contributed by atoms with Crippen LogP contribution in [0.3, 0.4) is 0 Å². The highest BCUT2D eigenvalue weighted by Gasteiger charge is 2.49. The summed E-state index contributed by atoms with van der Waals surface area (Å²) in [5.41, 5.74) is 20.9. The Bertz CT molecular complexity index is 6270. The topological polar surface area (TPSA) is 8.17 Å². The fourth-order valence-corrected chi connectivity index (χ4v) is 20.7. The van der Waals surface area contributed by atoms with Crippen LogP contribution in [0, 0.1) is 0 Å². The minimum absolute atomic E-state index is 0.0287. The molecular weight excluding hydrogens is 1230 g/mol. The Labute approximate surface area is 577 Å². The van der Waals surface area contributed by atoms with Crippen LogP contribution in [-0.4, -0.2) is 4.57 Å². The Morgan fingerprint density at radius 3 is 1.55 bits per heavy atom. The molecule has 97 heavy (non-hydrogen) atoms. The van der Waals surface area contributed by atoms with Gasteiger partial charge >= 0.3 is 0 Å². The van der Waals surface area contributed by atoms with Crippen LogP contribution in [0.4, 0.5) is 17.1 Å². The summed E-state index contributed by atoms with van der Waals surface area (Å²) in [7, 11) is 0. The Morgan fingerprint density at radius 1 is 0.289 bits per heavy atom. The summed E-state index contributed by atoms with van der Waals surface area (Å²) in [5, 5.41) is 16.0. The van der Waals surface area contributed by atoms with Gasteiger partial charge in [-0.2, -0.15) is 0 Å². The second-order valence-electron chi connectivity index (χ2n) is 29.1. The van der Waals surface area contributed by atoms with Crippen molar-refractivity contribution in [2.24, 2.45) is 0 Å². The Morgan fingerprint density at radius 2 is 0.814 bits per heavy atom. The minimum atomic E-state index is -0.0858. The summed E-state index contributed by atoms with van der Waals surface area (Å²) < 4.78 is 10.5. The first-order valence-electron chi connectivity index (χ1n) is 34.0. The van der Waals surface area contributed by atoms with E-state index in [0.717, 1.165) is 5.69 Å². The molecule has 2 nitrogen and oxygen atoms in total. The van der Waals surface area contributed by atoms with Crippen LogP contribution in [0.15, 0.2) is 279 Å². The van der Waals surface area contributed by atoms with Crippen molar-refractivity contribution >= 4 is 155 Å². The molecule has 4 aromatic heterocycles. The molecule has 0 N–H and O–H groups in total. The van der Waals surface area contributed by atoms with E-state index in [4.69, 9.17) is 0 Å². The van der Waals surface area contributed by atoms with Gasteiger partial charge in [0, 0.05) is 105 Å². The molecule has 4 heterocycles. The SMILES string of the molecule is CC1(C)c2cc3sc4ccc(-c5ccc(-n6c7ccccc7c7ccccc76)cc5)cc4c3cc2-c2ccc3ccccc3c2C1(C)C.CC1(C)c2ccccc2-c2c(c3sc4ccc(N(c5ccccc5)c5ccc6sc7ccccc7c6c5)cc4c3c3ccccc23)C1(C)C. The summed E-state index contributed by atoms with van der Waals surface area (Å²) >= 11 is 5.76. The molecule has 0 saturated carbocycles. The van der Waals surface area contributed by atoms with Gasteiger partial charge < -0.3 is 9.47 Å². The number of anilines is 3. The molecular formula is C92H70N2S3. The lowest BCUT2D eigenvalue weighted by atomic mass is 9.54. The summed E-state index contributed by atoms with van der Waals surface area (Å²) in [4.78, 5) is 2.43. The molecule has 466 valence electrons. The van der Waals surface area contributed by atoms with Crippen LogP contribution in [0.1, 0.15) is 77.6 Å². The van der Waals surface area contributed by atoms with Gasteiger partial charge in [-0.1, -0.05) is 231 Å². The van der Waals surface area contributed by atoms with Crippen LogP contribution in [0.25, 0.3) is 143 Å². The van der Waals surface area contributed by atoms with Crippen LogP contribution in [-0.2, 0) is 21.7 Å². The van der Waals surface area contributed by atoms with Gasteiger partial charge in [0.2, 0.25) is 0 Å². The third kappa shape index (κ3) is 8.42. The van der Waals surface area contributed by atoms with Crippen molar-refractivity contribution in [2.75, 3.05) is 4.90 Å². The maximum absolute atomic E-state index is 2.51. The summed E-state index contributed by atoms with van der Waals surface area (Å²) in [6, 6.07) is 104. The number of rotatable bonds is 5. The van der Waals surface area contributed by atoms with Gasteiger partial charge in [-0.3, -0.25) is 0 Å². The third-order valence-electron chi connectivity index (χ3n) is 23.3. The van der Waals surface area contributed by atoms with Crippen molar-refractivity contribution in [2.45, 2.75) is 77.0 Å². The number of fused-ring (bicyclic) bond motifs is 24. The molecule has 5 heteroatoms. The van der Waals surface area contributed by atoms with Crippen molar-refractivity contribution < 1.29 is 0 Å². The van der Waals surface area contributed by atoms with Gasteiger partial charge in [0.05, 0.1) is 11.0 Å². The van der Waals surface area contributed by atoms with Crippen molar-refractivity contribution in [1.82, 2.24) is 4.57 Å². The van der Waals surface area contributed by atoms with Crippen molar-refractivity contribution in [3.8, 4) is 39.1 Å². The van der Waals surface area contributed by atoms with Crippen molar-refractivity contribution in [3.63, 3.8) is 0 Å². The van der Waals surface area contributed by atoms with Gasteiger partial charge in [-0.05, 0) is 191 Å². The zero-order chi connectivity index (χ0) is 65.4. The maximum Gasteiger partial charge on any atom is 0.0541 e. The third-order valence-corrected chi connectivity index (χ3v) is 26.8. The standard InChI is InChI=1S/C46H35NS2.C46H35NS/c1-45(2)37-20-12-10-19-34(37)41-32-17-8-9-18-33(32)42-36-27-30(23-25-40(36)49-44(42)43(41)46(45,3)4)47(28-14-6-5-7-15-28)29-22-24-39-35(26-29)31-16-11-13-21-38(31)48-39;1-45(2)39-27-43-38(26-36(39)35-23-19-29-11-5-6-12-32(29)44(35)46(45,3)4)37-25-30(20-24-42(37)48-43)28-17-21-31(22-18-28)47-40-15-9-7-13-33(40)34-14-8-10-16-41(34)47/h5-27H,1-4H3;5-27H,1-4H3. The average Bonchev–Trinajstić information content (AvgIpc) is 1.61. The lowest BCUT2D eigenvalue weighted by Crippen LogP contribution is -2.43. The van der Waals surface area contributed by atoms with E-state index in [0.29, 0.717) is 0 Å². The lowest BCUT2D eigenvalue weighted by Gasteiger charge is -2.49. The molecule has 0 radical (unpaired) electrons. The zero-order valence-corrected chi connectivity index (χ0v) is 58.1. The van der Waals surface area contributed by atoms with Gasteiger partial charge in [0.1, 0.15) is 0 Å². The maximum atomic E-state index is 2.51. The second-order valence-corrected chi connectivity index (χ2v) is 32.3. The minimum Gasteiger partial charge on any atom is -0.310 e. The fraction of sp³-hybridized carbons (Fsp3) is 0.130. The molecule has 2 aliphatic rings. The van der Waals surface area contributed by atoms with E-state index in [1.807, 2.05) is 34.0 Å². The summed E-state index contributed by atoms with van der Waals surface area (Å²) in [5.74, 6) is 0. The number of hydrogen-bond donors (Lipinski definition) is 0. The molecule has 20 rings (SSSR count). The molecule has 0 unspecified atom stereocenters. The quantitative estimate of drug-likeness (QED) is 0.167. The van der Waals surface area contributed by atoms with Gasteiger partial charge in [0.25, 0.3) is 0 Å². The molecule has 0 spiro atoms. The molecule has 0 amide bonds. The molecule has 0 bridgehead atoms. The second kappa shape index (κ2) is 21.2. The van der Waals surface area contributed by atoms with Gasteiger partial charge in [-0.15, -0.1) is 34.0 Å². The summed E-state index contributed by atoms with van der Waals surface area (Å²) in [6.45, 7) is 19.6. The van der Waals surface area contributed by atoms with Gasteiger partial charge in [-0.25, -0.2) is 0 Å². The molecule has 14 aromatic carbocycles. The monoisotopic (exact) mass is 1300 g/mol. The molecule has 2 aliphatic carbocycles.